The quantitative estimate of drug-likeness (QED) is 0.0973. The molecule has 11 nitrogen and oxygen atoms in total. The number of likely N-dealkylation sites (N-methyl/N-ethyl adjacent to an activating group) is 1. The van der Waals surface area contributed by atoms with Crippen molar-refractivity contribution < 1.29 is 28.1 Å². The highest BCUT2D eigenvalue weighted by atomic mass is 32.2. The Hall–Kier alpha value is -5.86. The van der Waals surface area contributed by atoms with E-state index in [0.29, 0.717) is 31.1 Å². The van der Waals surface area contributed by atoms with Crippen LogP contribution in [-0.4, -0.2) is 107 Å². The van der Waals surface area contributed by atoms with Crippen LogP contribution in [0.5, 0.6) is 11.5 Å². The first-order valence-electron chi connectivity index (χ1n) is 22.1. The maximum atomic E-state index is 13.9. The molecule has 2 unspecified atom stereocenters. The predicted octanol–water partition coefficient (Wildman–Crippen LogP) is 7.29. The molecule has 3 heterocycles. The van der Waals surface area contributed by atoms with Crippen LogP contribution in [0.1, 0.15) is 22.3 Å². The van der Waals surface area contributed by atoms with E-state index in [1.54, 1.807) is 31.6 Å². The molecule has 0 aliphatic carbocycles. The molecule has 0 bridgehead atoms. The van der Waals surface area contributed by atoms with Gasteiger partial charge in [-0.1, -0.05) is 91.0 Å². The van der Waals surface area contributed by atoms with E-state index < -0.39 is 22.2 Å². The van der Waals surface area contributed by atoms with E-state index in [4.69, 9.17) is 9.47 Å². The Balaban J connectivity index is 0.775. The standard InChI is InChI=1S/C52H55N5O6S/c1-54(64(60,61)50-18-8-15-42(29-50)40-13-6-16-48(27-40)62-35-46(58)33-55-23-21-38-9-2-4-11-44(38)31-55)25-26-57-37-53-51-30-43(19-20-52(51)57)41-14-7-17-49(28-41)63-36-47(59)34-56-24-22-39-10-3-5-12-45(39)32-56/h2-20,27-30,37,46-47,58-59H,21-26,31-36H2,1H3. The molecular weight excluding hydrogens is 823 g/mol. The molecule has 2 aliphatic rings. The van der Waals surface area contributed by atoms with Gasteiger partial charge in [0.25, 0.3) is 0 Å². The summed E-state index contributed by atoms with van der Waals surface area (Å²) in [5.74, 6) is 1.29. The minimum absolute atomic E-state index is 0.153. The van der Waals surface area contributed by atoms with E-state index in [1.165, 1.54) is 26.6 Å². The van der Waals surface area contributed by atoms with Crippen LogP contribution < -0.4 is 9.47 Å². The summed E-state index contributed by atoms with van der Waals surface area (Å²) >= 11 is 0. The van der Waals surface area contributed by atoms with Gasteiger partial charge in [-0.3, -0.25) is 9.80 Å². The molecule has 2 N–H and O–H groups in total. The molecule has 0 spiro atoms. The Kier molecular flexibility index (Phi) is 13.2. The fraction of sp³-hybridized carbons (Fsp3) is 0.288. The fourth-order valence-corrected chi connectivity index (χ4v) is 10.1. The number of aliphatic hydroxyl groups is 2. The van der Waals surface area contributed by atoms with E-state index in [-0.39, 0.29) is 24.7 Å². The largest absolute Gasteiger partial charge is 0.491 e. The van der Waals surface area contributed by atoms with E-state index in [0.717, 1.165) is 72.3 Å². The van der Waals surface area contributed by atoms with Gasteiger partial charge in [0.15, 0.2) is 0 Å². The molecule has 9 rings (SSSR count). The Labute approximate surface area is 375 Å². The van der Waals surface area contributed by atoms with Crippen molar-refractivity contribution in [1.29, 1.82) is 0 Å². The van der Waals surface area contributed by atoms with Crippen LogP contribution in [0.2, 0.25) is 0 Å². The Morgan fingerprint density at radius 1 is 0.625 bits per heavy atom. The highest BCUT2D eigenvalue weighted by Crippen LogP contribution is 2.30. The Morgan fingerprint density at radius 2 is 1.14 bits per heavy atom. The first-order valence-corrected chi connectivity index (χ1v) is 23.5. The highest BCUT2D eigenvalue weighted by Gasteiger charge is 2.23. The van der Waals surface area contributed by atoms with Crippen molar-refractivity contribution in [3.63, 3.8) is 0 Å². The highest BCUT2D eigenvalue weighted by molar-refractivity contribution is 7.89. The molecule has 2 atom stereocenters. The lowest BCUT2D eigenvalue weighted by Crippen LogP contribution is -2.38. The molecular formula is C52H55N5O6S. The third-order valence-electron chi connectivity index (χ3n) is 12.4. The Morgan fingerprint density at radius 3 is 1.72 bits per heavy atom. The van der Waals surface area contributed by atoms with Gasteiger partial charge in [0.05, 0.1) is 22.3 Å². The van der Waals surface area contributed by atoms with Crippen molar-refractivity contribution in [3.8, 4) is 33.8 Å². The fourth-order valence-electron chi connectivity index (χ4n) is 8.84. The number of hydrogen-bond acceptors (Lipinski definition) is 9. The van der Waals surface area contributed by atoms with Gasteiger partial charge in [-0.25, -0.2) is 13.4 Å². The second-order valence-electron chi connectivity index (χ2n) is 17.0. The Bertz CT molecular complexity index is 2830. The maximum Gasteiger partial charge on any atom is 0.242 e. The van der Waals surface area contributed by atoms with Gasteiger partial charge in [-0.05, 0) is 106 Å². The molecule has 1 aromatic heterocycles. The van der Waals surface area contributed by atoms with Crippen LogP contribution in [-0.2, 0) is 42.5 Å². The van der Waals surface area contributed by atoms with Gasteiger partial charge in [0.2, 0.25) is 10.0 Å². The molecule has 2 aliphatic heterocycles. The van der Waals surface area contributed by atoms with Crippen LogP contribution in [0.25, 0.3) is 33.3 Å². The lowest BCUT2D eigenvalue weighted by atomic mass is 10.00. The maximum absolute atomic E-state index is 13.9. The van der Waals surface area contributed by atoms with Crippen LogP contribution in [0.15, 0.2) is 151 Å². The molecule has 0 saturated heterocycles. The van der Waals surface area contributed by atoms with Gasteiger partial charge in [-0.15, -0.1) is 0 Å². The lowest BCUT2D eigenvalue weighted by Gasteiger charge is -2.30. The number of aromatic nitrogens is 2. The van der Waals surface area contributed by atoms with Crippen LogP contribution >= 0.6 is 0 Å². The van der Waals surface area contributed by atoms with Gasteiger partial charge in [0, 0.05) is 59.4 Å². The first kappa shape index (κ1) is 43.4. The zero-order chi connectivity index (χ0) is 44.0. The number of nitrogens with zero attached hydrogens (tertiary/aromatic N) is 5. The smallest absolute Gasteiger partial charge is 0.242 e. The number of aliphatic hydroxyl groups excluding tert-OH is 2. The molecule has 6 aromatic carbocycles. The number of imidazole rings is 1. The monoisotopic (exact) mass is 877 g/mol. The molecule has 64 heavy (non-hydrogen) atoms. The number of fused-ring (bicyclic) bond motifs is 3. The van der Waals surface area contributed by atoms with Crippen LogP contribution in [0.4, 0.5) is 0 Å². The molecule has 0 radical (unpaired) electrons. The summed E-state index contributed by atoms with van der Waals surface area (Å²) < 4.78 is 43.2. The second-order valence-corrected chi connectivity index (χ2v) is 19.0. The van der Waals surface area contributed by atoms with E-state index in [9.17, 15) is 18.6 Å². The number of sulfonamides is 1. The number of ether oxygens (including phenoxy) is 2. The summed E-state index contributed by atoms with van der Waals surface area (Å²) in [5.41, 5.74) is 10.6. The van der Waals surface area contributed by atoms with Crippen molar-refractivity contribution in [3.05, 3.63) is 168 Å². The normalized spacial score (nSPS) is 15.4. The van der Waals surface area contributed by atoms with Gasteiger partial charge >= 0.3 is 0 Å². The topological polar surface area (TPSA) is 121 Å². The molecule has 7 aromatic rings. The van der Waals surface area contributed by atoms with E-state index in [2.05, 4.69) is 63.3 Å². The molecule has 0 saturated carbocycles. The third-order valence-corrected chi connectivity index (χ3v) is 14.2. The zero-order valence-corrected chi connectivity index (χ0v) is 37.0. The second kappa shape index (κ2) is 19.5. The van der Waals surface area contributed by atoms with Crippen molar-refractivity contribution in [1.82, 2.24) is 23.7 Å². The van der Waals surface area contributed by atoms with Crippen molar-refractivity contribution in [2.75, 3.05) is 53.0 Å². The molecule has 12 heteroatoms. The van der Waals surface area contributed by atoms with Crippen molar-refractivity contribution in [2.24, 2.45) is 0 Å². The zero-order valence-electron chi connectivity index (χ0n) is 36.2. The van der Waals surface area contributed by atoms with Crippen LogP contribution in [0, 0.1) is 0 Å². The van der Waals surface area contributed by atoms with Gasteiger partial charge in [-0.2, -0.15) is 4.31 Å². The summed E-state index contributed by atoms with van der Waals surface area (Å²) in [6, 6.07) is 45.3. The molecule has 330 valence electrons. The van der Waals surface area contributed by atoms with Crippen LogP contribution in [0.3, 0.4) is 0 Å². The number of benzene rings is 6. The summed E-state index contributed by atoms with van der Waals surface area (Å²) in [6.45, 7) is 5.56. The number of hydrogen-bond donors (Lipinski definition) is 2. The average Bonchev–Trinajstić information content (AvgIpc) is 3.74. The van der Waals surface area contributed by atoms with E-state index >= 15 is 0 Å². The van der Waals surface area contributed by atoms with Crippen molar-refractivity contribution >= 4 is 21.1 Å². The first-order chi connectivity index (χ1) is 31.1. The number of β-amino-alcohol motifs (C(OH)–C–C–N with tert-alkyl or cyclic N) is 2. The SMILES string of the molecule is CN(CCn1cnc2cc(-c3cccc(OCC(O)CN4CCc5ccccc5C4)c3)ccc21)S(=O)(=O)c1cccc(-c2cccc(OCC(O)CN3CCc4ccccc4C3)c2)c1. The summed E-state index contributed by atoms with van der Waals surface area (Å²) in [4.78, 5) is 9.40. The average molecular weight is 878 g/mol. The van der Waals surface area contributed by atoms with E-state index in [1.807, 2.05) is 77.4 Å². The third kappa shape index (κ3) is 10.2. The molecule has 0 fully saturated rings. The predicted molar refractivity (Wildman–Crippen MR) is 251 cm³/mol. The minimum atomic E-state index is -3.82. The van der Waals surface area contributed by atoms with Gasteiger partial charge < -0.3 is 24.3 Å². The molecule has 0 amide bonds. The summed E-state index contributed by atoms with van der Waals surface area (Å²) in [5, 5.41) is 21.6. The summed E-state index contributed by atoms with van der Waals surface area (Å²) in [6.07, 6.45) is 2.44. The summed E-state index contributed by atoms with van der Waals surface area (Å²) in [7, 11) is -2.22. The minimum Gasteiger partial charge on any atom is -0.491 e. The van der Waals surface area contributed by atoms with Crippen molar-refractivity contribution in [2.45, 2.75) is 49.6 Å². The number of rotatable bonds is 17. The van der Waals surface area contributed by atoms with Gasteiger partial charge in [0.1, 0.15) is 36.9 Å². The lowest BCUT2D eigenvalue weighted by molar-refractivity contribution is 0.0637.